The molecule has 0 unspecified atom stereocenters. The molecule has 5 atom stereocenters. The first-order valence-corrected chi connectivity index (χ1v) is 4.53. The fraction of sp³-hybridized carbons (Fsp3) is 0.778. The maximum atomic E-state index is 9.49. The van der Waals surface area contributed by atoms with Gasteiger partial charge >= 0.3 is 0 Å². The lowest BCUT2D eigenvalue weighted by molar-refractivity contribution is -0.227. The second-order valence-electron chi connectivity index (χ2n) is 3.39. The van der Waals surface area contributed by atoms with Crippen LogP contribution in [0.3, 0.4) is 0 Å². The van der Waals surface area contributed by atoms with Crippen LogP contribution in [0.4, 0.5) is 0 Å². The molecule has 5 nitrogen and oxygen atoms in total. The van der Waals surface area contributed by atoms with E-state index in [4.69, 9.17) is 9.84 Å². The second kappa shape index (κ2) is 4.86. The Labute approximate surface area is 82.3 Å². The molecule has 0 aliphatic carbocycles. The second-order valence-corrected chi connectivity index (χ2v) is 3.39. The Morgan fingerprint density at radius 2 is 1.64 bits per heavy atom. The molecule has 0 aromatic carbocycles. The summed E-state index contributed by atoms with van der Waals surface area (Å²) in [5.41, 5.74) is 0. The summed E-state index contributed by atoms with van der Waals surface area (Å²) < 4.78 is 5.19. The van der Waals surface area contributed by atoms with Gasteiger partial charge in [-0.1, -0.05) is 6.08 Å². The summed E-state index contributed by atoms with van der Waals surface area (Å²) >= 11 is 0. The molecule has 82 valence electrons. The molecule has 1 saturated heterocycles. The van der Waals surface area contributed by atoms with E-state index in [1.54, 1.807) is 6.08 Å². The highest BCUT2D eigenvalue weighted by molar-refractivity contribution is 4.94. The van der Waals surface area contributed by atoms with Gasteiger partial charge in [-0.15, -0.1) is 6.58 Å². The number of ether oxygens (including phenoxy) is 1. The number of rotatable bonds is 3. The van der Waals surface area contributed by atoms with Gasteiger partial charge in [0, 0.05) is 0 Å². The largest absolute Gasteiger partial charge is 0.394 e. The topological polar surface area (TPSA) is 90.2 Å². The van der Waals surface area contributed by atoms with Gasteiger partial charge in [-0.3, -0.25) is 0 Å². The summed E-state index contributed by atoms with van der Waals surface area (Å²) in [5, 5.41) is 37.1. The van der Waals surface area contributed by atoms with Gasteiger partial charge in [-0.2, -0.15) is 0 Å². The molecule has 4 N–H and O–H groups in total. The lowest BCUT2D eigenvalue weighted by Gasteiger charge is -2.39. The van der Waals surface area contributed by atoms with E-state index in [-0.39, 0.29) is 0 Å². The smallest absolute Gasteiger partial charge is 0.111 e. The van der Waals surface area contributed by atoms with Crippen molar-refractivity contribution in [3.8, 4) is 0 Å². The lowest BCUT2D eigenvalue weighted by atomic mass is 9.94. The molecular formula is C9H16O5. The summed E-state index contributed by atoms with van der Waals surface area (Å²) in [5.74, 6) is 0. The number of hydrogen-bond donors (Lipinski definition) is 4. The van der Waals surface area contributed by atoms with Crippen LogP contribution in [0.1, 0.15) is 6.42 Å². The average molecular weight is 204 g/mol. The maximum absolute atomic E-state index is 9.49. The van der Waals surface area contributed by atoms with Crippen LogP contribution in [0.25, 0.3) is 0 Å². The van der Waals surface area contributed by atoms with Crippen molar-refractivity contribution in [3.05, 3.63) is 12.7 Å². The van der Waals surface area contributed by atoms with E-state index in [0.29, 0.717) is 6.42 Å². The van der Waals surface area contributed by atoms with Crippen molar-refractivity contribution in [2.45, 2.75) is 36.9 Å². The fourth-order valence-electron chi connectivity index (χ4n) is 1.54. The molecule has 1 aliphatic rings. The van der Waals surface area contributed by atoms with Crippen molar-refractivity contribution < 1.29 is 25.2 Å². The molecular weight excluding hydrogens is 188 g/mol. The van der Waals surface area contributed by atoms with Crippen molar-refractivity contribution in [3.63, 3.8) is 0 Å². The fourth-order valence-corrected chi connectivity index (χ4v) is 1.54. The van der Waals surface area contributed by atoms with Crippen LogP contribution in [0, 0.1) is 0 Å². The quantitative estimate of drug-likeness (QED) is 0.416. The first kappa shape index (κ1) is 11.6. The Morgan fingerprint density at radius 3 is 2.14 bits per heavy atom. The number of aliphatic hydroxyl groups is 4. The van der Waals surface area contributed by atoms with Crippen molar-refractivity contribution in [2.75, 3.05) is 6.61 Å². The molecule has 0 radical (unpaired) electrons. The SMILES string of the molecule is C=CC[C@@H]1O[C@H](CO)[C@H](O)[C@H](O)[C@H]1O. The third-order valence-corrected chi connectivity index (χ3v) is 2.39. The minimum atomic E-state index is -1.29. The highest BCUT2D eigenvalue weighted by Crippen LogP contribution is 2.22. The van der Waals surface area contributed by atoms with Crippen LogP contribution in [0.2, 0.25) is 0 Å². The Hall–Kier alpha value is -0.460. The van der Waals surface area contributed by atoms with E-state index in [2.05, 4.69) is 6.58 Å². The maximum Gasteiger partial charge on any atom is 0.111 e. The van der Waals surface area contributed by atoms with Gasteiger partial charge in [-0.25, -0.2) is 0 Å². The lowest BCUT2D eigenvalue weighted by Crippen LogP contribution is -2.58. The zero-order valence-corrected chi connectivity index (χ0v) is 7.78. The molecule has 0 aromatic heterocycles. The van der Waals surface area contributed by atoms with E-state index in [1.807, 2.05) is 0 Å². The van der Waals surface area contributed by atoms with E-state index in [0.717, 1.165) is 0 Å². The van der Waals surface area contributed by atoms with Crippen LogP contribution in [-0.2, 0) is 4.74 Å². The van der Waals surface area contributed by atoms with E-state index < -0.39 is 37.1 Å². The van der Waals surface area contributed by atoms with Gasteiger partial charge in [0.1, 0.15) is 24.4 Å². The van der Waals surface area contributed by atoms with Crippen molar-refractivity contribution in [1.29, 1.82) is 0 Å². The van der Waals surface area contributed by atoms with E-state index in [1.165, 1.54) is 0 Å². The van der Waals surface area contributed by atoms with Gasteiger partial charge < -0.3 is 25.2 Å². The zero-order chi connectivity index (χ0) is 10.7. The Kier molecular flexibility index (Phi) is 4.03. The molecule has 1 rings (SSSR count). The normalized spacial score (nSPS) is 43.6. The van der Waals surface area contributed by atoms with Crippen molar-refractivity contribution in [2.24, 2.45) is 0 Å². The summed E-state index contributed by atoms with van der Waals surface area (Å²) in [6.07, 6.45) is -3.25. The molecule has 1 fully saturated rings. The molecule has 0 saturated carbocycles. The van der Waals surface area contributed by atoms with Crippen LogP contribution in [-0.4, -0.2) is 57.6 Å². The predicted octanol–water partition coefficient (Wildman–Crippen LogP) is -1.60. The highest BCUT2D eigenvalue weighted by atomic mass is 16.5. The van der Waals surface area contributed by atoms with Crippen LogP contribution in [0.5, 0.6) is 0 Å². The Morgan fingerprint density at radius 1 is 1.07 bits per heavy atom. The first-order chi connectivity index (χ1) is 6.61. The summed E-state index contributed by atoms with van der Waals surface area (Å²) in [4.78, 5) is 0. The molecule has 0 spiro atoms. The number of hydrogen-bond acceptors (Lipinski definition) is 5. The summed E-state index contributed by atoms with van der Waals surface area (Å²) in [7, 11) is 0. The van der Waals surface area contributed by atoms with Crippen LogP contribution < -0.4 is 0 Å². The molecule has 5 heteroatoms. The van der Waals surface area contributed by atoms with E-state index >= 15 is 0 Å². The van der Waals surface area contributed by atoms with Crippen molar-refractivity contribution >= 4 is 0 Å². The summed E-state index contributed by atoms with van der Waals surface area (Å²) in [6, 6.07) is 0. The molecule has 0 amide bonds. The average Bonchev–Trinajstić information content (AvgIpc) is 2.19. The highest BCUT2D eigenvalue weighted by Gasteiger charge is 2.42. The van der Waals surface area contributed by atoms with Crippen LogP contribution in [0.15, 0.2) is 12.7 Å². The van der Waals surface area contributed by atoms with Crippen LogP contribution >= 0.6 is 0 Å². The molecule has 1 aliphatic heterocycles. The predicted molar refractivity (Wildman–Crippen MR) is 48.6 cm³/mol. The molecule has 0 aromatic rings. The van der Waals surface area contributed by atoms with Gasteiger partial charge in [0.05, 0.1) is 12.7 Å². The van der Waals surface area contributed by atoms with Gasteiger partial charge in [0.15, 0.2) is 0 Å². The van der Waals surface area contributed by atoms with Gasteiger partial charge in [0.25, 0.3) is 0 Å². The minimum absolute atomic E-state index is 0.363. The third-order valence-electron chi connectivity index (χ3n) is 2.39. The van der Waals surface area contributed by atoms with Gasteiger partial charge in [-0.05, 0) is 6.42 Å². The first-order valence-electron chi connectivity index (χ1n) is 4.53. The van der Waals surface area contributed by atoms with E-state index in [9.17, 15) is 15.3 Å². The Bertz CT molecular complexity index is 194. The van der Waals surface area contributed by atoms with Crippen molar-refractivity contribution in [1.82, 2.24) is 0 Å². The number of aliphatic hydroxyl groups excluding tert-OH is 4. The monoisotopic (exact) mass is 204 g/mol. The third kappa shape index (κ3) is 2.13. The van der Waals surface area contributed by atoms with Gasteiger partial charge in [0.2, 0.25) is 0 Å². The standard InChI is InChI=1S/C9H16O5/c1-2-3-5-7(11)9(13)8(12)6(4-10)14-5/h2,5-13H,1,3-4H2/t5-,6+,7-,8-,9+/m0/s1. The zero-order valence-electron chi connectivity index (χ0n) is 7.78. The summed E-state index contributed by atoms with van der Waals surface area (Å²) in [6.45, 7) is 3.10. The Balaban J connectivity index is 2.67. The minimum Gasteiger partial charge on any atom is -0.394 e. The molecule has 14 heavy (non-hydrogen) atoms. The molecule has 1 heterocycles. The molecule has 0 bridgehead atoms.